The van der Waals surface area contributed by atoms with Crippen LogP contribution < -0.4 is 0 Å². The second-order valence-corrected chi connectivity index (χ2v) is 6.11. The predicted molar refractivity (Wildman–Crippen MR) is 84.2 cm³/mol. The quantitative estimate of drug-likeness (QED) is 0.822. The third kappa shape index (κ3) is 4.38. The number of rotatable bonds is 5. The summed E-state index contributed by atoms with van der Waals surface area (Å²) in [6.07, 6.45) is 6.44. The largest absolute Gasteiger partial charge is 0.396 e. The number of aliphatic hydroxyl groups is 1. The van der Waals surface area contributed by atoms with Crippen molar-refractivity contribution in [3.63, 3.8) is 0 Å². The van der Waals surface area contributed by atoms with Gasteiger partial charge in [-0.15, -0.1) is 0 Å². The van der Waals surface area contributed by atoms with Gasteiger partial charge in [0, 0.05) is 35.3 Å². The van der Waals surface area contributed by atoms with Crippen LogP contribution in [-0.2, 0) is 4.79 Å². The molecule has 1 amide bonds. The van der Waals surface area contributed by atoms with Gasteiger partial charge in [0.1, 0.15) is 5.82 Å². The highest BCUT2D eigenvalue weighted by Crippen LogP contribution is 2.22. The van der Waals surface area contributed by atoms with E-state index in [1.54, 1.807) is 12.1 Å². The molecule has 1 unspecified atom stereocenters. The molecule has 2 rings (SSSR count). The molecule has 1 N–H and O–H groups in total. The lowest BCUT2D eigenvalue weighted by molar-refractivity contribution is -0.126. The van der Waals surface area contributed by atoms with Crippen LogP contribution in [0.15, 0.2) is 28.7 Å². The zero-order valence-electron chi connectivity index (χ0n) is 11.8. The molecule has 1 aromatic rings. The predicted octanol–water partition coefficient (Wildman–Crippen LogP) is 3.36. The van der Waals surface area contributed by atoms with Crippen LogP contribution in [0.1, 0.15) is 31.2 Å². The van der Waals surface area contributed by atoms with Crippen molar-refractivity contribution in [3.8, 4) is 0 Å². The van der Waals surface area contributed by atoms with Crippen LogP contribution in [0.3, 0.4) is 0 Å². The molecule has 0 saturated carbocycles. The third-order valence-corrected chi connectivity index (χ3v) is 4.21. The van der Waals surface area contributed by atoms with E-state index in [1.165, 1.54) is 18.2 Å². The molecule has 1 aliphatic rings. The van der Waals surface area contributed by atoms with Gasteiger partial charge in [-0.2, -0.15) is 0 Å². The van der Waals surface area contributed by atoms with Crippen molar-refractivity contribution in [2.24, 2.45) is 0 Å². The fourth-order valence-corrected chi connectivity index (χ4v) is 3.03. The molecule has 21 heavy (non-hydrogen) atoms. The monoisotopic (exact) mass is 355 g/mol. The van der Waals surface area contributed by atoms with Gasteiger partial charge < -0.3 is 10.0 Å². The van der Waals surface area contributed by atoms with Gasteiger partial charge >= 0.3 is 0 Å². The number of carbonyl (C=O) groups is 1. The molecule has 0 aromatic heterocycles. The zero-order chi connectivity index (χ0) is 15.2. The van der Waals surface area contributed by atoms with Crippen molar-refractivity contribution in [1.82, 2.24) is 4.90 Å². The molecule has 5 heteroatoms. The third-order valence-electron chi connectivity index (χ3n) is 3.72. The maximum atomic E-state index is 13.6. The Morgan fingerprint density at radius 3 is 3.10 bits per heavy atom. The van der Waals surface area contributed by atoms with Crippen LogP contribution in [0.2, 0.25) is 0 Å². The summed E-state index contributed by atoms with van der Waals surface area (Å²) in [5.74, 6) is -0.435. The Bertz CT molecular complexity index is 533. The average Bonchev–Trinajstić information content (AvgIpc) is 2.94. The number of aliphatic hydroxyl groups excluding tert-OH is 1. The normalized spacial score (nSPS) is 18.6. The number of nitrogens with zero attached hydrogens (tertiary/aromatic N) is 1. The van der Waals surface area contributed by atoms with E-state index in [0.29, 0.717) is 12.0 Å². The Labute approximate surface area is 132 Å². The lowest BCUT2D eigenvalue weighted by atomic mass is 10.1. The molecule has 3 nitrogen and oxygen atoms in total. The van der Waals surface area contributed by atoms with Gasteiger partial charge in [-0.1, -0.05) is 15.9 Å². The summed E-state index contributed by atoms with van der Waals surface area (Å²) in [6.45, 7) is 0.887. The molecule has 1 aliphatic heterocycles. The molecule has 0 radical (unpaired) electrons. The molecular weight excluding hydrogens is 337 g/mol. The fourth-order valence-electron chi connectivity index (χ4n) is 2.65. The summed E-state index contributed by atoms with van der Waals surface area (Å²) in [5, 5.41) is 8.90. The molecule has 0 spiro atoms. The number of carbonyl (C=O) groups excluding carboxylic acids is 1. The van der Waals surface area contributed by atoms with E-state index in [1.807, 2.05) is 4.90 Å². The smallest absolute Gasteiger partial charge is 0.246 e. The number of likely N-dealkylation sites (tertiary alicyclic amines) is 1. The summed E-state index contributed by atoms with van der Waals surface area (Å²) in [6, 6.07) is 4.84. The average molecular weight is 356 g/mol. The van der Waals surface area contributed by atoms with Gasteiger partial charge in [0.15, 0.2) is 0 Å². The van der Waals surface area contributed by atoms with Crippen molar-refractivity contribution >= 4 is 27.9 Å². The Kier molecular flexibility index (Phi) is 5.94. The highest BCUT2D eigenvalue weighted by atomic mass is 79.9. The van der Waals surface area contributed by atoms with Crippen LogP contribution in [-0.4, -0.2) is 35.1 Å². The van der Waals surface area contributed by atoms with Crippen LogP contribution in [0.5, 0.6) is 0 Å². The second kappa shape index (κ2) is 7.71. The topological polar surface area (TPSA) is 40.5 Å². The number of amides is 1. The molecular formula is C16H19BrFNO2. The van der Waals surface area contributed by atoms with E-state index in [4.69, 9.17) is 5.11 Å². The van der Waals surface area contributed by atoms with E-state index < -0.39 is 0 Å². The number of hydrogen-bond donors (Lipinski definition) is 1. The maximum Gasteiger partial charge on any atom is 0.246 e. The van der Waals surface area contributed by atoms with Gasteiger partial charge in [-0.3, -0.25) is 4.79 Å². The minimum absolute atomic E-state index is 0.0881. The Morgan fingerprint density at radius 1 is 1.52 bits per heavy atom. The molecule has 1 saturated heterocycles. The number of halogens is 2. The molecule has 114 valence electrons. The minimum atomic E-state index is -0.347. The van der Waals surface area contributed by atoms with E-state index in [-0.39, 0.29) is 24.4 Å². The van der Waals surface area contributed by atoms with E-state index in [2.05, 4.69) is 15.9 Å². The fraction of sp³-hybridized carbons (Fsp3) is 0.438. The van der Waals surface area contributed by atoms with Gasteiger partial charge in [0.2, 0.25) is 5.91 Å². The van der Waals surface area contributed by atoms with E-state index >= 15 is 0 Å². The SMILES string of the molecule is O=C(C=Cc1cc(Br)ccc1F)N1CCCC1CCCO. The second-order valence-electron chi connectivity index (χ2n) is 5.19. The molecule has 1 aromatic carbocycles. The number of benzene rings is 1. The van der Waals surface area contributed by atoms with Crippen molar-refractivity contribution < 1.29 is 14.3 Å². The Morgan fingerprint density at radius 2 is 2.33 bits per heavy atom. The summed E-state index contributed by atoms with van der Waals surface area (Å²) in [4.78, 5) is 14.1. The molecule has 1 heterocycles. The molecule has 0 aliphatic carbocycles. The van der Waals surface area contributed by atoms with Crippen LogP contribution >= 0.6 is 15.9 Å². The Balaban J connectivity index is 2.03. The standard InChI is InChI=1S/C16H19BrFNO2/c17-13-6-7-15(18)12(11-13)5-8-16(21)19-9-1-3-14(19)4-2-10-20/h5-8,11,14,20H,1-4,9-10H2. The number of hydrogen-bond acceptors (Lipinski definition) is 2. The van der Waals surface area contributed by atoms with Crippen molar-refractivity contribution in [2.45, 2.75) is 31.7 Å². The van der Waals surface area contributed by atoms with Gasteiger partial charge in [-0.25, -0.2) is 4.39 Å². The molecule has 1 atom stereocenters. The lowest BCUT2D eigenvalue weighted by Gasteiger charge is -2.23. The first-order valence-corrected chi connectivity index (χ1v) is 7.95. The van der Waals surface area contributed by atoms with Crippen LogP contribution in [0, 0.1) is 5.82 Å². The molecule has 0 bridgehead atoms. The first-order valence-electron chi connectivity index (χ1n) is 7.16. The summed E-state index contributed by atoms with van der Waals surface area (Å²) in [5.41, 5.74) is 0.392. The summed E-state index contributed by atoms with van der Waals surface area (Å²) >= 11 is 3.29. The highest BCUT2D eigenvalue weighted by Gasteiger charge is 2.26. The lowest BCUT2D eigenvalue weighted by Crippen LogP contribution is -2.34. The summed E-state index contributed by atoms with van der Waals surface area (Å²) < 4.78 is 14.4. The van der Waals surface area contributed by atoms with Gasteiger partial charge in [0.05, 0.1) is 0 Å². The van der Waals surface area contributed by atoms with Gasteiger partial charge in [-0.05, 0) is 50.0 Å². The zero-order valence-corrected chi connectivity index (χ0v) is 13.4. The first kappa shape index (κ1) is 16.2. The van der Waals surface area contributed by atoms with Crippen molar-refractivity contribution in [2.75, 3.05) is 13.2 Å². The van der Waals surface area contributed by atoms with E-state index in [0.717, 1.165) is 30.3 Å². The Hall–Kier alpha value is -1.20. The molecule has 1 fully saturated rings. The van der Waals surface area contributed by atoms with Crippen LogP contribution in [0.4, 0.5) is 4.39 Å². The highest BCUT2D eigenvalue weighted by molar-refractivity contribution is 9.10. The summed E-state index contributed by atoms with van der Waals surface area (Å²) in [7, 11) is 0. The van der Waals surface area contributed by atoms with E-state index in [9.17, 15) is 9.18 Å². The van der Waals surface area contributed by atoms with Crippen LogP contribution in [0.25, 0.3) is 6.08 Å². The van der Waals surface area contributed by atoms with Crippen molar-refractivity contribution in [3.05, 3.63) is 40.1 Å². The maximum absolute atomic E-state index is 13.6. The van der Waals surface area contributed by atoms with Crippen molar-refractivity contribution in [1.29, 1.82) is 0 Å². The first-order chi connectivity index (χ1) is 10.1. The minimum Gasteiger partial charge on any atom is -0.396 e. The van der Waals surface area contributed by atoms with Gasteiger partial charge in [0.25, 0.3) is 0 Å².